The smallest absolute Gasteiger partial charge is 0.119 e. The summed E-state index contributed by atoms with van der Waals surface area (Å²) in [4.78, 5) is 2.36. The molecule has 0 aliphatic heterocycles. The number of likely N-dealkylation sites (N-methyl/N-ethyl adjacent to an activating group) is 1. The number of rotatable bonds is 8. The lowest BCUT2D eigenvalue weighted by molar-refractivity contribution is 0.223. The van der Waals surface area contributed by atoms with Crippen LogP contribution in [0.15, 0.2) is 78.9 Å². The second kappa shape index (κ2) is 9.21. The molecule has 3 aromatic rings. The molecule has 0 saturated carbocycles. The van der Waals surface area contributed by atoms with Gasteiger partial charge in [-0.05, 0) is 53.5 Å². The van der Waals surface area contributed by atoms with Crippen molar-refractivity contribution in [1.29, 1.82) is 0 Å². The van der Waals surface area contributed by atoms with Gasteiger partial charge in [-0.1, -0.05) is 74.5 Å². The summed E-state index contributed by atoms with van der Waals surface area (Å²) in [6.45, 7) is 8.19. The number of hydrogen-bond acceptors (Lipinski definition) is 2. The summed E-state index contributed by atoms with van der Waals surface area (Å²) in [5.41, 5.74) is 4.91. The van der Waals surface area contributed by atoms with Crippen LogP contribution in [0.2, 0.25) is 0 Å². The highest BCUT2D eigenvalue weighted by atomic mass is 16.5. The van der Waals surface area contributed by atoms with Gasteiger partial charge in [-0.25, -0.2) is 0 Å². The Morgan fingerprint density at radius 2 is 1.23 bits per heavy atom. The van der Waals surface area contributed by atoms with Gasteiger partial charge in [0.15, 0.2) is 0 Å². The molecule has 0 unspecified atom stereocenters. The van der Waals surface area contributed by atoms with Crippen molar-refractivity contribution in [3.63, 3.8) is 0 Å². The minimum Gasteiger partial charge on any atom is -0.492 e. The molecule has 0 aliphatic rings. The van der Waals surface area contributed by atoms with Gasteiger partial charge in [0.1, 0.15) is 12.4 Å². The Balaban J connectivity index is 1.67. The van der Waals surface area contributed by atoms with Crippen molar-refractivity contribution in [2.75, 3.05) is 26.2 Å². The van der Waals surface area contributed by atoms with Crippen LogP contribution in [-0.2, 0) is 0 Å². The molecule has 0 bridgehead atoms. The van der Waals surface area contributed by atoms with Crippen LogP contribution in [0.3, 0.4) is 0 Å². The van der Waals surface area contributed by atoms with E-state index in [0.29, 0.717) is 0 Å². The number of nitrogens with zero attached hydrogens (tertiary/aromatic N) is 1. The van der Waals surface area contributed by atoms with Crippen molar-refractivity contribution in [1.82, 2.24) is 4.90 Å². The highest BCUT2D eigenvalue weighted by Crippen LogP contribution is 2.27. The molecule has 0 aliphatic carbocycles. The fraction of sp³-hybridized carbons (Fsp3) is 0.250. The first-order chi connectivity index (χ1) is 12.8. The molecule has 2 heteroatoms. The number of ether oxygens (including phenoxy) is 1. The molecule has 26 heavy (non-hydrogen) atoms. The van der Waals surface area contributed by atoms with Gasteiger partial charge in [-0.2, -0.15) is 0 Å². The molecule has 0 fully saturated rings. The molecule has 0 N–H and O–H groups in total. The maximum absolute atomic E-state index is 5.88. The molecule has 0 heterocycles. The lowest BCUT2D eigenvalue weighted by atomic mass is 9.99. The Morgan fingerprint density at radius 1 is 0.654 bits per heavy atom. The van der Waals surface area contributed by atoms with E-state index >= 15 is 0 Å². The second-order valence-electron chi connectivity index (χ2n) is 6.35. The van der Waals surface area contributed by atoms with E-state index in [1.807, 2.05) is 6.07 Å². The Morgan fingerprint density at radius 3 is 1.85 bits per heavy atom. The van der Waals surface area contributed by atoms with Crippen LogP contribution in [0.25, 0.3) is 22.3 Å². The van der Waals surface area contributed by atoms with Crippen molar-refractivity contribution in [3.05, 3.63) is 78.9 Å². The van der Waals surface area contributed by atoms with E-state index in [4.69, 9.17) is 4.74 Å². The zero-order valence-electron chi connectivity index (χ0n) is 15.7. The van der Waals surface area contributed by atoms with E-state index in [-0.39, 0.29) is 0 Å². The molecule has 3 rings (SSSR count). The minimum atomic E-state index is 0.727. The summed E-state index contributed by atoms with van der Waals surface area (Å²) in [5, 5.41) is 0. The maximum Gasteiger partial charge on any atom is 0.119 e. The topological polar surface area (TPSA) is 12.5 Å². The molecule has 2 nitrogen and oxygen atoms in total. The Labute approximate surface area is 157 Å². The van der Waals surface area contributed by atoms with Gasteiger partial charge in [0.2, 0.25) is 0 Å². The van der Waals surface area contributed by atoms with E-state index in [0.717, 1.165) is 32.0 Å². The van der Waals surface area contributed by atoms with Gasteiger partial charge >= 0.3 is 0 Å². The summed E-state index contributed by atoms with van der Waals surface area (Å²) in [7, 11) is 0. The largest absolute Gasteiger partial charge is 0.492 e. The monoisotopic (exact) mass is 345 g/mol. The Bertz CT molecular complexity index is 792. The van der Waals surface area contributed by atoms with Gasteiger partial charge in [0, 0.05) is 6.54 Å². The normalized spacial score (nSPS) is 10.9. The predicted molar refractivity (Wildman–Crippen MR) is 111 cm³/mol. The third-order valence-corrected chi connectivity index (χ3v) is 4.73. The van der Waals surface area contributed by atoms with Crippen LogP contribution in [0.1, 0.15) is 13.8 Å². The van der Waals surface area contributed by atoms with Crippen molar-refractivity contribution >= 4 is 0 Å². The zero-order chi connectivity index (χ0) is 18.2. The lowest BCUT2D eigenvalue weighted by Crippen LogP contribution is -2.27. The first-order valence-electron chi connectivity index (χ1n) is 9.41. The summed E-state index contributed by atoms with van der Waals surface area (Å²) in [6.07, 6.45) is 0. The summed E-state index contributed by atoms with van der Waals surface area (Å²) in [6, 6.07) is 27.6. The fourth-order valence-corrected chi connectivity index (χ4v) is 3.08. The maximum atomic E-state index is 5.88. The van der Waals surface area contributed by atoms with E-state index < -0.39 is 0 Å². The third-order valence-electron chi connectivity index (χ3n) is 4.73. The zero-order valence-corrected chi connectivity index (χ0v) is 15.7. The number of hydrogen-bond donors (Lipinski definition) is 0. The van der Waals surface area contributed by atoms with Gasteiger partial charge < -0.3 is 9.64 Å². The quantitative estimate of drug-likeness (QED) is 0.516. The van der Waals surface area contributed by atoms with Crippen molar-refractivity contribution < 1.29 is 4.74 Å². The van der Waals surface area contributed by atoms with Crippen LogP contribution >= 0.6 is 0 Å². The van der Waals surface area contributed by atoms with Gasteiger partial charge in [-0.15, -0.1) is 0 Å². The minimum absolute atomic E-state index is 0.727. The summed E-state index contributed by atoms with van der Waals surface area (Å²) >= 11 is 0. The molecule has 0 atom stereocenters. The molecule has 0 spiro atoms. The standard InChI is InChI=1S/C24H27NO/c1-3-25(4-2)17-18-26-24-15-13-21(14-16-24)23-12-8-11-22(19-23)20-9-6-5-7-10-20/h5-16,19H,3-4,17-18H2,1-2H3. The molecule has 3 aromatic carbocycles. The van der Waals surface area contributed by atoms with Gasteiger partial charge in [-0.3, -0.25) is 0 Å². The van der Waals surface area contributed by atoms with E-state index in [1.54, 1.807) is 0 Å². The van der Waals surface area contributed by atoms with Crippen LogP contribution in [0, 0.1) is 0 Å². The molecule has 0 amide bonds. The summed E-state index contributed by atoms with van der Waals surface area (Å²) < 4.78 is 5.88. The highest BCUT2D eigenvalue weighted by molar-refractivity contribution is 5.73. The van der Waals surface area contributed by atoms with Crippen molar-refractivity contribution in [2.24, 2.45) is 0 Å². The average Bonchev–Trinajstić information content (AvgIpc) is 2.72. The van der Waals surface area contributed by atoms with E-state index in [1.165, 1.54) is 22.3 Å². The third kappa shape index (κ3) is 4.74. The van der Waals surface area contributed by atoms with Crippen molar-refractivity contribution in [3.8, 4) is 28.0 Å². The van der Waals surface area contributed by atoms with Crippen LogP contribution in [-0.4, -0.2) is 31.1 Å². The van der Waals surface area contributed by atoms with E-state index in [2.05, 4.69) is 91.5 Å². The number of benzene rings is 3. The van der Waals surface area contributed by atoms with Crippen LogP contribution in [0.5, 0.6) is 5.75 Å². The van der Waals surface area contributed by atoms with Crippen LogP contribution < -0.4 is 4.74 Å². The van der Waals surface area contributed by atoms with Crippen molar-refractivity contribution in [2.45, 2.75) is 13.8 Å². The molecule has 0 saturated heterocycles. The molecular formula is C24H27NO. The van der Waals surface area contributed by atoms with Gasteiger partial charge in [0.05, 0.1) is 0 Å². The fourth-order valence-electron chi connectivity index (χ4n) is 3.08. The predicted octanol–water partition coefficient (Wildman–Crippen LogP) is 5.74. The first kappa shape index (κ1) is 18.2. The SMILES string of the molecule is CCN(CC)CCOc1ccc(-c2cccc(-c3ccccc3)c2)cc1. The first-order valence-corrected chi connectivity index (χ1v) is 9.41. The van der Waals surface area contributed by atoms with Gasteiger partial charge in [0.25, 0.3) is 0 Å². The average molecular weight is 345 g/mol. The second-order valence-corrected chi connectivity index (χ2v) is 6.35. The molecular weight excluding hydrogens is 318 g/mol. The molecule has 134 valence electrons. The Kier molecular flexibility index (Phi) is 6.45. The molecule has 0 radical (unpaired) electrons. The highest BCUT2D eigenvalue weighted by Gasteiger charge is 2.03. The lowest BCUT2D eigenvalue weighted by Gasteiger charge is -2.18. The van der Waals surface area contributed by atoms with E-state index in [9.17, 15) is 0 Å². The molecule has 0 aromatic heterocycles. The Hall–Kier alpha value is -2.58. The summed E-state index contributed by atoms with van der Waals surface area (Å²) in [5.74, 6) is 0.931. The van der Waals surface area contributed by atoms with Crippen LogP contribution in [0.4, 0.5) is 0 Å².